The van der Waals surface area contributed by atoms with Crippen molar-refractivity contribution in [2.24, 2.45) is 0 Å². The van der Waals surface area contributed by atoms with E-state index in [-0.39, 0.29) is 17.8 Å². The van der Waals surface area contributed by atoms with Gasteiger partial charge in [0.25, 0.3) is 0 Å². The van der Waals surface area contributed by atoms with E-state index >= 15 is 0 Å². The Hall–Kier alpha value is -2.01. The molecule has 120 valence electrons. The van der Waals surface area contributed by atoms with Crippen molar-refractivity contribution in [3.63, 3.8) is 0 Å². The highest BCUT2D eigenvalue weighted by Crippen LogP contribution is 2.31. The standard InChI is InChI=1S/C18H18FNO2S/c19-14-7-5-13(6-8-14)11-23-12-18(21)20-16-9-10-22-17-4-2-1-3-15(16)17/h1-8,16H,9-12H2,(H,20,21). The van der Waals surface area contributed by atoms with Crippen molar-refractivity contribution in [3.05, 3.63) is 65.5 Å². The predicted octanol–water partition coefficient (Wildman–Crippen LogP) is 3.70. The zero-order chi connectivity index (χ0) is 16.1. The van der Waals surface area contributed by atoms with Gasteiger partial charge in [-0.15, -0.1) is 11.8 Å². The number of benzene rings is 2. The first-order chi connectivity index (χ1) is 11.2. The van der Waals surface area contributed by atoms with E-state index in [0.717, 1.165) is 23.3 Å². The normalized spacial score (nSPS) is 16.3. The third kappa shape index (κ3) is 4.26. The van der Waals surface area contributed by atoms with Crippen LogP contribution in [-0.4, -0.2) is 18.3 Å². The minimum atomic E-state index is -0.241. The molecule has 2 aromatic rings. The zero-order valence-electron chi connectivity index (χ0n) is 12.6. The van der Waals surface area contributed by atoms with Crippen LogP contribution in [0.25, 0.3) is 0 Å². The third-order valence-corrected chi connectivity index (χ3v) is 4.71. The van der Waals surface area contributed by atoms with Crippen molar-refractivity contribution in [2.75, 3.05) is 12.4 Å². The number of ether oxygens (including phenoxy) is 1. The number of halogens is 1. The van der Waals surface area contributed by atoms with Crippen molar-refractivity contribution < 1.29 is 13.9 Å². The van der Waals surface area contributed by atoms with Crippen molar-refractivity contribution in [1.29, 1.82) is 0 Å². The van der Waals surface area contributed by atoms with Gasteiger partial charge in [0.2, 0.25) is 5.91 Å². The van der Waals surface area contributed by atoms with E-state index < -0.39 is 0 Å². The summed E-state index contributed by atoms with van der Waals surface area (Å²) in [6.07, 6.45) is 0.783. The maximum atomic E-state index is 12.8. The molecule has 3 nitrogen and oxygen atoms in total. The van der Waals surface area contributed by atoms with Crippen LogP contribution in [0, 0.1) is 5.82 Å². The van der Waals surface area contributed by atoms with Crippen LogP contribution in [0.3, 0.4) is 0 Å². The lowest BCUT2D eigenvalue weighted by atomic mass is 10.0. The molecule has 1 amide bonds. The lowest BCUT2D eigenvalue weighted by Crippen LogP contribution is -2.33. The lowest BCUT2D eigenvalue weighted by Gasteiger charge is -2.26. The van der Waals surface area contributed by atoms with Gasteiger partial charge in [-0.2, -0.15) is 0 Å². The minimum absolute atomic E-state index is 0.0128. The number of hydrogen-bond acceptors (Lipinski definition) is 3. The molecule has 23 heavy (non-hydrogen) atoms. The molecule has 0 spiro atoms. The number of rotatable bonds is 5. The predicted molar refractivity (Wildman–Crippen MR) is 90.0 cm³/mol. The quantitative estimate of drug-likeness (QED) is 0.908. The van der Waals surface area contributed by atoms with Crippen LogP contribution in [0.15, 0.2) is 48.5 Å². The molecule has 3 rings (SSSR count). The highest BCUT2D eigenvalue weighted by molar-refractivity contribution is 7.99. The van der Waals surface area contributed by atoms with Gasteiger partial charge >= 0.3 is 0 Å². The van der Waals surface area contributed by atoms with E-state index in [4.69, 9.17) is 4.74 Å². The van der Waals surface area contributed by atoms with Crippen LogP contribution in [-0.2, 0) is 10.5 Å². The molecule has 1 N–H and O–H groups in total. The third-order valence-electron chi connectivity index (χ3n) is 3.71. The van der Waals surface area contributed by atoms with Crippen molar-refractivity contribution in [2.45, 2.75) is 18.2 Å². The fourth-order valence-corrected chi connectivity index (χ4v) is 3.37. The Kier molecular flexibility index (Phi) is 5.18. The average Bonchev–Trinajstić information content (AvgIpc) is 2.57. The number of para-hydroxylation sites is 1. The molecule has 2 aromatic carbocycles. The molecule has 0 bridgehead atoms. The van der Waals surface area contributed by atoms with E-state index in [1.54, 1.807) is 12.1 Å². The molecule has 0 fully saturated rings. The number of carbonyl (C=O) groups excluding carboxylic acids is 1. The summed E-state index contributed by atoms with van der Waals surface area (Å²) in [5.41, 5.74) is 2.05. The fourth-order valence-electron chi connectivity index (χ4n) is 2.57. The van der Waals surface area contributed by atoms with Crippen molar-refractivity contribution in [3.8, 4) is 5.75 Å². The second kappa shape index (κ2) is 7.51. The Balaban J connectivity index is 1.49. The zero-order valence-corrected chi connectivity index (χ0v) is 13.4. The van der Waals surface area contributed by atoms with Crippen LogP contribution >= 0.6 is 11.8 Å². The number of hydrogen-bond donors (Lipinski definition) is 1. The molecule has 5 heteroatoms. The van der Waals surface area contributed by atoms with Crippen LogP contribution in [0.2, 0.25) is 0 Å². The molecule has 1 unspecified atom stereocenters. The van der Waals surface area contributed by atoms with Gasteiger partial charge in [0.15, 0.2) is 0 Å². The molecular weight excluding hydrogens is 313 g/mol. The van der Waals surface area contributed by atoms with E-state index in [1.807, 2.05) is 24.3 Å². The number of fused-ring (bicyclic) bond motifs is 1. The molecule has 1 heterocycles. The number of amides is 1. The first-order valence-electron chi connectivity index (χ1n) is 7.55. The molecule has 0 saturated heterocycles. The van der Waals surface area contributed by atoms with Gasteiger partial charge in [-0.1, -0.05) is 30.3 Å². The van der Waals surface area contributed by atoms with Crippen molar-refractivity contribution >= 4 is 17.7 Å². The summed E-state index contributed by atoms with van der Waals surface area (Å²) >= 11 is 1.52. The van der Waals surface area contributed by atoms with E-state index in [9.17, 15) is 9.18 Å². The van der Waals surface area contributed by atoms with Crippen LogP contribution in [0.4, 0.5) is 4.39 Å². The topological polar surface area (TPSA) is 38.3 Å². The van der Waals surface area contributed by atoms with Crippen LogP contribution in [0.1, 0.15) is 23.6 Å². The second-order valence-corrected chi connectivity index (χ2v) is 6.40. The molecule has 0 aromatic heterocycles. The molecule has 1 aliphatic rings. The summed E-state index contributed by atoms with van der Waals surface area (Å²) in [7, 11) is 0. The summed E-state index contributed by atoms with van der Waals surface area (Å²) in [4.78, 5) is 12.1. The molecule has 0 aliphatic carbocycles. The number of carbonyl (C=O) groups is 1. The second-order valence-electron chi connectivity index (χ2n) is 5.41. The van der Waals surface area contributed by atoms with Crippen LogP contribution < -0.4 is 10.1 Å². The lowest BCUT2D eigenvalue weighted by molar-refractivity contribution is -0.119. The Morgan fingerprint density at radius 1 is 1.22 bits per heavy atom. The summed E-state index contributed by atoms with van der Waals surface area (Å²) in [6, 6.07) is 14.2. The Bertz CT molecular complexity index is 675. The monoisotopic (exact) mass is 331 g/mol. The molecule has 0 radical (unpaired) electrons. The van der Waals surface area contributed by atoms with Gasteiger partial charge in [-0.3, -0.25) is 4.79 Å². The molecule has 0 saturated carbocycles. The van der Waals surface area contributed by atoms with Gasteiger partial charge in [-0.25, -0.2) is 4.39 Å². The van der Waals surface area contributed by atoms with Gasteiger partial charge in [0, 0.05) is 17.7 Å². The Morgan fingerprint density at radius 3 is 2.83 bits per heavy atom. The highest BCUT2D eigenvalue weighted by Gasteiger charge is 2.22. The SMILES string of the molecule is O=C(CSCc1ccc(F)cc1)NC1CCOc2ccccc21. The van der Waals surface area contributed by atoms with Gasteiger partial charge in [0.1, 0.15) is 11.6 Å². The van der Waals surface area contributed by atoms with Gasteiger partial charge in [-0.05, 0) is 23.8 Å². The molecule has 1 aliphatic heterocycles. The average molecular weight is 331 g/mol. The largest absolute Gasteiger partial charge is 0.493 e. The first kappa shape index (κ1) is 15.9. The maximum absolute atomic E-state index is 12.8. The summed E-state index contributed by atoms with van der Waals surface area (Å²) in [6.45, 7) is 0.616. The smallest absolute Gasteiger partial charge is 0.230 e. The Morgan fingerprint density at radius 2 is 2.00 bits per heavy atom. The van der Waals surface area contributed by atoms with E-state index in [0.29, 0.717) is 18.1 Å². The Labute approximate surface area is 139 Å². The highest BCUT2D eigenvalue weighted by atomic mass is 32.2. The maximum Gasteiger partial charge on any atom is 0.230 e. The van der Waals surface area contributed by atoms with Gasteiger partial charge in [0.05, 0.1) is 18.4 Å². The van der Waals surface area contributed by atoms with E-state index in [1.165, 1.54) is 23.9 Å². The number of thioether (sulfide) groups is 1. The van der Waals surface area contributed by atoms with Crippen LogP contribution in [0.5, 0.6) is 5.75 Å². The molecular formula is C18H18FNO2S. The summed E-state index contributed by atoms with van der Waals surface area (Å²) in [5, 5.41) is 3.07. The summed E-state index contributed by atoms with van der Waals surface area (Å²) in [5.74, 6) is 1.70. The number of nitrogens with one attached hydrogen (secondary N) is 1. The summed E-state index contributed by atoms with van der Waals surface area (Å²) < 4.78 is 18.4. The van der Waals surface area contributed by atoms with Gasteiger partial charge < -0.3 is 10.1 Å². The first-order valence-corrected chi connectivity index (χ1v) is 8.71. The minimum Gasteiger partial charge on any atom is -0.493 e. The van der Waals surface area contributed by atoms with E-state index in [2.05, 4.69) is 5.32 Å². The fraction of sp³-hybridized carbons (Fsp3) is 0.278. The molecule has 1 atom stereocenters. The van der Waals surface area contributed by atoms with Crippen molar-refractivity contribution in [1.82, 2.24) is 5.32 Å².